The number of benzene rings is 2. The van der Waals surface area contributed by atoms with Crippen LogP contribution >= 0.6 is 0 Å². The van der Waals surface area contributed by atoms with Gasteiger partial charge < -0.3 is 10.1 Å². The summed E-state index contributed by atoms with van der Waals surface area (Å²) in [4.78, 5) is 47.4. The summed E-state index contributed by atoms with van der Waals surface area (Å²) in [5.41, 5.74) is 3.34. The maximum Gasteiger partial charge on any atom is 0.306 e. The zero-order chi connectivity index (χ0) is 20.7. The van der Waals surface area contributed by atoms with Gasteiger partial charge in [-0.25, -0.2) is 0 Å². The van der Waals surface area contributed by atoms with Crippen LogP contribution in [0.3, 0.4) is 0 Å². The summed E-state index contributed by atoms with van der Waals surface area (Å²) < 4.78 is 4.92. The lowest BCUT2D eigenvalue weighted by molar-refractivity contribution is -0.147. The predicted octanol–water partition coefficient (Wildman–Crippen LogP) is 3.65. The summed E-state index contributed by atoms with van der Waals surface area (Å²) in [5.74, 6) is -1.39. The van der Waals surface area contributed by atoms with E-state index in [9.17, 15) is 19.2 Å². The first-order chi connectivity index (χ1) is 13.3. The van der Waals surface area contributed by atoms with Crippen LogP contribution in [0.1, 0.15) is 51.6 Å². The highest BCUT2D eigenvalue weighted by molar-refractivity contribution is 5.99. The number of hydrogen-bond donors (Lipinski definition) is 1. The van der Waals surface area contributed by atoms with Crippen molar-refractivity contribution in [3.05, 3.63) is 64.7 Å². The summed E-state index contributed by atoms with van der Waals surface area (Å²) in [6.07, 6.45) is -0.0787. The third-order valence-corrected chi connectivity index (χ3v) is 4.17. The van der Waals surface area contributed by atoms with Crippen molar-refractivity contribution in [3.8, 4) is 0 Å². The van der Waals surface area contributed by atoms with Crippen molar-refractivity contribution in [2.75, 3.05) is 11.9 Å². The summed E-state index contributed by atoms with van der Waals surface area (Å²) in [5, 5.41) is 2.56. The maximum absolute atomic E-state index is 12.3. The van der Waals surface area contributed by atoms with Gasteiger partial charge in [0.25, 0.3) is 5.91 Å². The number of ether oxygens (including phenoxy) is 1. The Labute approximate surface area is 163 Å². The van der Waals surface area contributed by atoms with Crippen LogP contribution in [-0.4, -0.2) is 30.0 Å². The predicted molar refractivity (Wildman–Crippen MR) is 106 cm³/mol. The van der Waals surface area contributed by atoms with Crippen molar-refractivity contribution in [2.45, 2.75) is 33.6 Å². The Morgan fingerprint density at radius 3 is 2.43 bits per heavy atom. The number of anilines is 1. The first-order valence-electron chi connectivity index (χ1n) is 8.93. The average Bonchev–Trinajstić information content (AvgIpc) is 2.66. The second-order valence-electron chi connectivity index (χ2n) is 6.59. The lowest BCUT2D eigenvalue weighted by Crippen LogP contribution is -2.21. The molecule has 0 unspecified atom stereocenters. The van der Waals surface area contributed by atoms with Crippen LogP contribution in [0.15, 0.2) is 42.5 Å². The number of aryl methyl sites for hydroxylation is 2. The molecule has 0 spiro atoms. The van der Waals surface area contributed by atoms with Crippen LogP contribution in [0.4, 0.5) is 5.69 Å². The summed E-state index contributed by atoms with van der Waals surface area (Å²) in [7, 11) is 0. The van der Waals surface area contributed by atoms with E-state index in [1.54, 1.807) is 30.3 Å². The lowest BCUT2D eigenvalue weighted by Gasteiger charge is -2.08. The number of hydrogen-bond acceptors (Lipinski definition) is 5. The van der Waals surface area contributed by atoms with Crippen molar-refractivity contribution < 1.29 is 23.9 Å². The van der Waals surface area contributed by atoms with E-state index >= 15 is 0 Å². The topological polar surface area (TPSA) is 89.5 Å². The molecule has 28 heavy (non-hydrogen) atoms. The fraction of sp³-hybridized carbons (Fsp3) is 0.273. The van der Waals surface area contributed by atoms with Crippen molar-refractivity contribution >= 4 is 29.1 Å². The minimum Gasteiger partial charge on any atom is -0.456 e. The molecule has 0 bridgehead atoms. The molecule has 2 aromatic carbocycles. The van der Waals surface area contributed by atoms with Gasteiger partial charge in [-0.3, -0.25) is 19.2 Å². The Kier molecular flexibility index (Phi) is 7.21. The molecule has 1 amide bonds. The second kappa shape index (κ2) is 9.60. The van der Waals surface area contributed by atoms with E-state index in [4.69, 9.17) is 4.74 Å². The van der Waals surface area contributed by atoms with Gasteiger partial charge in [-0.1, -0.05) is 29.8 Å². The van der Waals surface area contributed by atoms with Crippen LogP contribution < -0.4 is 5.32 Å². The number of esters is 1. The molecular formula is C22H23NO5. The Morgan fingerprint density at radius 2 is 1.71 bits per heavy atom. The molecule has 0 aromatic heterocycles. The fourth-order valence-electron chi connectivity index (χ4n) is 2.62. The Bertz CT molecular complexity index is 917. The first-order valence-corrected chi connectivity index (χ1v) is 8.93. The largest absolute Gasteiger partial charge is 0.456 e. The van der Waals surface area contributed by atoms with E-state index in [0.717, 1.165) is 11.1 Å². The minimum absolute atomic E-state index is 0.0192. The second-order valence-corrected chi connectivity index (χ2v) is 6.59. The SMILES string of the molecule is CC(=O)c1cccc(NC(=O)COC(=O)CCC(=O)c2cc(C)ccc2C)c1. The average molecular weight is 381 g/mol. The van der Waals surface area contributed by atoms with Gasteiger partial charge in [0.1, 0.15) is 0 Å². The molecule has 0 atom stereocenters. The monoisotopic (exact) mass is 381 g/mol. The van der Waals surface area contributed by atoms with E-state index in [1.165, 1.54) is 6.92 Å². The fourth-order valence-corrected chi connectivity index (χ4v) is 2.62. The van der Waals surface area contributed by atoms with E-state index in [1.807, 2.05) is 26.0 Å². The Morgan fingerprint density at radius 1 is 0.964 bits per heavy atom. The molecule has 0 radical (unpaired) electrons. The molecule has 0 fully saturated rings. The molecular weight excluding hydrogens is 358 g/mol. The van der Waals surface area contributed by atoms with Gasteiger partial charge in [0, 0.05) is 23.2 Å². The van der Waals surface area contributed by atoms with Crippen LogP contribution in [-0.2, 0) is 14.3 Å². The Hall–Kier alpha value is -3.28. The number of rotatable bonds is 8. The van der Waals surface area contributed by atoms with Gasteiger partial charge in [-0.05, 0) is 44.5 Å². The summed E-state index contributed by atoms with van der Waals surface area (Å²) >= 11 is 0. The highest BCUT2D eigenvalue weighted by Gasteiger charge is 2.14. The van der Waals surface area contributed by atoms with Crippen LogP contribution in [0.2, 0.25) is 0 Å². The van der Waals surface area contributed by atoms with Crippen molar-refractivity contribution in [1.82, 2.24) is 0 Å². The van der Waals surface area contributed by atoms with Crippen molar-refractivity contribution in [2.24, 2.45) is 0 Å². The van der Waals surface area contributed by atoms with Gasteiger partial charge in [0.2, 0.25) is 0 Å². The molecule has 0 saturated carbocycles. The highest BCUT2D eigenvalue weighted by atomic mass is 16.5. The number of amides is 1. The summed E-state index contributed by atoms with van der Waals surface area (Å²) in [6.45, 7) is 4.72. The zero-order valence-electron chi connectivity index (χ0n) is 16.2. The summed E-state index contributed by atoms with van der Waals surface area (Å²) in [6, 6.07) is 12.1. The van der Waals surface area contributed by atoms with Crippen molar-refractivity contribution in [3.63, 3.8) is 0 Å². The normalized spacial score (nSPS) is 10.2. The molecule has 146 valence electrons. The standard InChI is InChI=1S/C22H23NO5/c1-14-7-8-15(2)19(11-14)20(25)9-10-22(27)28-13-21(26)23-18-6-4-5-17(12-18)16(3)24/h4-8,11-12H,9-10,13H2,1-3H3,(H,23,26). The number of nitrogens with one attached hydrogen (secondary N) is 1. The molecule has 0 aliphatic heterocycles. The van der Waals surface area contributed by atoms with Crippen LogP contribution in [0.25, 0.3) is 0 Å². The molecule has 0 aliphatic rings. The number of ketones is 2. The van der Waals surface area contributed by atoms with Gasteiger partial charge in [0.05, 0.1) is 6.42 Å². The van der Waals surface area contributed by atoms with E-state index < -0.39 is 18.5 Å². The first kappa shape index (κ1) is 21.0. The van der Waals surface area contributed by atoms with Crippen LogP contribution in [0.5, 0.6) is 0 Å². The maximum atomic E-state index is 12.3. The molecule has 1 N–H and O–H groups in total. The van der Waals surface area contributed by atoms with Crippen LogP contribution in [0, 0.1) is 13.8 Å². The lowest BCUT2D eigenvalue weighted by atomic mass is 9.99. The van der Waals surface area contributed by atoms with E-state index in [0.29, 0.717) is 16.8 Å². The third kappa shape index (κ3) is 6.16. The minimum atomic E-state index is -0.619. The molecule has 2 rings (SSSR count). The Balaban J connectivity index is 1.79. The number of Topliss-reactive ketones (excluding diaryl/α,β-unsaturated/α-hetero) is 2. The molecule has 2 aromatic rings. The molecule has 0 heterocycles. The molecule has 0 aliphatic carbocycles. The number of carbonyl (C=O) groups excluding carboxylic acids is 4. The third-order valence-electron chi connectivity index (χ3n) is 4.17. The van der Waals surface area contributed by atoms with E-state index in [-0.39, 0.29) is 24.4 Å². The molecule has 6 nitrogen and oxygen atoms in total. The van der Waals surface area contributed by atoms with Crippen molar-refractivity contribution in [1.29, 1.82) is 0 Å². The van der Waals surface area contributed by atoms with Gasteiger partial charge in [-0.15, -0.1) is 0 Å². The van der Waals surface area contributed by atoms with Gasteiger partial charge in [-0.2, -0.15) is 0 Å². The zero-order valence-corrected chi connectivity index (χ0v) is 16.2. The number of carbonyl (C=O) groups is 4. The van der Waals surface area contributed by atoms with Gasteiger partial charge >= 0.3 is 5.97 Å². The highest BCUT2D eigenvalue weighted by Crippen LogP contribution is 2.14. The molecule has 6 heteroatoms. The molecule has 0 saturated heterocycles. The smallest absolute Gasteiger partial charge is 0.306 e. The van der Waals surface area contributed by atoms with Gasteiger partial charge in [0.15, 0.2) is 18.2 Å². The quantitative estimate of drug-likeness (QED) is 0.557. The van der Waals surface area contributed by atoms with E-state index in [2.05, 4.69) is 5.32 Å².